The Kier molecular flexibility index (Phi) is 6.88. The number of aliphatic hydroxyl groups is 1. The van der Waals surface area contributed by atoms with Crippen molar-refractivity contribution in [2.45, 2.75) is 39.0 Å². The van der Waals surface area contributed by atoms with Gasteiger partial charge in [-0.15, -0.1) is 0 Å². The van der Waals surface area contributed by atoms with Crippen LogP contribution in [0, 0.1) is 0 Å². The van der Waals surface area contributed by atoms with Gasteiger partial charge in [0.15, 0.2) is 5.22 Å². The second kappa shape index (κ2) is 6.81. The van der Waals surface area contributed by atoms with Crippen molar-refractivity contribution in [2.24, 2.45) is 0 Å². The van der Waals surface area contributed by atoms with Crippen molar-refractivity contribution in [3.63, 3.8) is 0 Å². The average Bonchev–Trinajstić information content (AvgIpc) is 1.97. The minimum Gasteiger partial charge on any atom is -0.498 e. The maximum Gasteiger partial charge on any atom is 0.199 e. The number of unbranched alkanes of at least 4 members (excludes halogenated alkanes) is 3. The third-order valence-electron chi connectivity index (χ3n) is 1.47. The summed E-state index contributed by atoms with van der Waals surface area (Å²) >= 11 is 10.8. The Labute approximate surface area is 78.0 Å². The van der Waals surface area contributed by atoms with Crippen LogP contribution in [0.5, 0.6) is 0 Å². The molecule has 1 N–H and O–H groups in total. The van der Waals surface area contributed by atoms with Gasteiger partial charge in [0, 0.05) is 0 Å². The lowest BCUT2D eigenvalue weighted by Crippen LogP contribution is -1.80. The summed E-state index contributed by atoms with van der Waals surface area (Å²) in [6.07, 6.45) is 5.26. The van der Waals surface area contributed by atoms with E-state index in [0.717, 1.165) is 12.8 Å². The molecule has 66 valence electrons. The van der Waals surface area contributed by atoms with Crippen LogP contribution in [0.25, 0.3) is 0 Å². The third kappa shape index (κ3) is 6.52. The zero-order valence-corrected chi connectivity index (χ0v) is 8.25. The molecule has 11 heavy (non-hydrogen) atoms. The van der Waals surface area contributed by atoms with Crippen LogP contribution in [-0.4, -0.2) is 5.11 Å². The van der Waals surface area contributed by atoms with Crippen LogP contribution in [0.4, 0.5) is 0 Å². The van der Waals surface area contributed by atoms with E-state index in [1.807, 2.05) is 0 Å². The van der Waals surface area contributed by atoms with Crippen LogP contribution in [0.3, 0.4) is 0 Å². The van der Waals surface area contributed by atoms with Gasteiger partial charge in [-0.2, -0.15) is 0 Å². The number of hydrogen-bond acceptors (Lipinski definition) is 1. The summed E-state index contributed by atoms with van der Waals surface area (Å²) in [6, 6.07) is 0. The van der Waals surface area contributed by atoms with E-state index in [9.17, 15) is 0 Å². The van der Waals surface area contributed by atoms with Gasteiger partial charge in [-0.3, -0.25) is 0 Å². The zero-order chi connectivity index (χ0) is 8.69. The maximum atomic E-state index is 8.69. The van der Waals surface area contributed by atoms with E-state index in [1.165, 1.54) is 12.8 Å². The molecule has 0 radical (unpaired) electrons. The van der Waals surface area contributed by atoms with E-state index in [1.54, 1.807) is 0 Å². The highest BCUT2D eigenvalue weighted by Crippen LogP contribution is 2.18. The van der Waals surface area contributed by atoms with Crippen molar-refractivity contribution >= 4 is 23.2 Å². The Hall–Kier alpha value is 0.120. The summed E-state index contributed by atoms with van der Waals surface area (Å²) < 4.78 is 0. The second-order valence-corrected chi connectivity index (χ2v) is 3.32. The highest BCUT2D eigenvalue weighted by molar-refractivity contribution is 6.38. The van der Waals surface area contributed by atoms with E-state index in [0.29, 0.717) is 11.5 Å². The van der Waals surface area contributed by atoms with Crippen molar-refractivity contribution in [1.29, 1.82) is 0 Å². The number of rotatable bonds is 5. The molecule has 0 amide bonds. The molecule has 0 saturated carbocycles. The molecule has 0 aliphatic heterocycles. The first-order valence-corrected chi connectivity index (χ1v) is 4.67. The van der Waals surface area contributed by atoms with Crippen LogP contribution in [-0.2, 0) is 0 Å². The summed E-state index contributed by atoms with van der Waals surface area (Å²) in [4.78, 5) is 0. The predicted molar refractivity (Wildman–Crippen MR) is 50.1 cm³/mol. The SMILES string of the molecule is CCCCCCC(Cl)=C(O)Cl. The summed E-state index contributed by atoms with van der Waals surface area (Å²) in [5.41, 5.74) is 0. The smallest absolute Gasteiger partial charge is 0.199 e. The Morgan fingerprint density at radius 1 is 1.18 bits per heavy atom. The molecule has 0 unspecified atom stereocenters. The first-order valence-electron chi connectivity index (χ1n) is 3.91. The van der Waals surface area contributed by atoms with Gasteiger partial charge >= 0.3 is 0 Å². The van der Waals surface area contributed by atoms with Crippen molar-refractivity contribution in [2.75, 3.05) is 0 Å². The quantitative estimate of drug-likeness (QED) is 0.518. The van der Waals surface area contributed by atoms with Crippen LogP contribution in [0.2, 0.25) is 0 Å². The van der Waals surface area contributed by atoms with Gasteiger partial charge in [0.05, 0.1) is 5.03 Å². The number of halogens is 2. The summed E-state index contributed by atoms with van der Waals surface area (Å²) in [5, 5.41) is 8.81. The zero-order valence-electron chi connectivity index (χ0n) is 6.74. The minimum atomic E-state index is -0.261. The molecule has 0 aromatic carbocycles. The first-order chi connectivity index (χ1) is 5.18. The maximum absolute atomic E-state index is 8.69. The Morgan fingerprint density at radius 3 is 2.27 bits per heavy atom. The van der Waals surface area contributed by atoms with E-state index < -0.39 is 0 Å². The first kappa shape index (κ1) is 11.1. The van der Waals surface area contributed by atoms with E-state index in [-0.39, 0.29) is 5.22 Å². The largest absolute Gasteiger partial charge is 0.498 e. The fraction of sp³-hybridized carbons (Fsp3) is 0.750. The van der Waals surface area contributed by atoms with Gasteiger partial charge in [-0.25, -0.2) is 0 Å². The Morgan fingerprint density at radius 2 is 1.82 bits per heavy atom. The molecule has 0 aliphatic carbocycles. The topological polar surface area (TPSA) is 20.2 Å². The molecule has 0 spiro atoms. The molecular formula is C8H14Cl2O. The van der Waals surface area contributed by atoms with Gasteiger partial charge in [0.2, 0.25) is 0 Å². The van der Waals surface area contributed by atoms with Crippen LogP contribution >= 0.6 is 23.2 Å². The normalized spacial score (nSPS) is 13.0. The molecule has 0 heterocycles. The monoisotopic (exact) mass is 196 g/mol. The van der Waals surface area contributed by atoms with Crippen molar-refractivity contribution in [1.82, 2.24) is 0 Å². The molecule has 0 atom stereocenters. The standard InChI is InChI=1S/C8H14Cl2O/c1-2-3-4-5-6-7(9)8(10)11/h11H,2-6H2,1H3. The van der Waals surface area contributed by atoms with Crippen molar-refractivity contribution < 1.29 is 5.11 Å². The lowest BCUT2D eigenvalue weighted by molar-refractivity contribution is 0.446. The molecule has 0 bridgehead atoms. The second-order valence-electron chi connectivity index (χ2n) is 2.51. The lowest BCUT2D eigenvalue weighted by Gasteiger charge is -1.98. The van der Waals surface area contributed by atoms with E-state index in [2.05, 4.69) is 6.92 Å². The van der Waals surface area contributed by atoms with Crippen LogP contribution < -0.4 is 0 Å². The minimum absolute atomic E-state index is 0.261. The fourth-order valence-corrected chi connectivity index (χ4v) is 1.04. The fourth-order valence-electron chi connectivity index (χ4n) is 0.810. The summed E-state index contributed by atoms with van der Waals surface area (Å²) in [5.74, 6) is 0. The number of aliphatic hydroxyl groups excluding tert-OH is 1. The molecule has 1 nitrogen and oxygen atoms in total. The van der Waals surface area contributed by atoms with Crippen LogP contribution in [0.15, 0.2) is 10.3 Å². The van der Waals surface area contributed by atoms with Gasteiger partial charge in [0.1, 0.15) is 0 Å². The number of allylic oxidation sites excluding steroid dienone is 1. The Bertz CT molecular complexity index is 128. The molecule has 3 heteroatoms. The molecule has 0 aromatic heterocycles. The van der Waals surface area contributed by atoms with Gasteiger partial charge in [-0.1, -0.05) is 37.8 Å². The molecule has 0 rings (SSSR count). The summed E-state index contributed by atoms with van der Waals surface area (Å²) in [6.45, 7) is 2.15. The van der Waals surface area contributed by atoms with E-state index in [4.69, 9.17) is 28.3 Å². The highest BCUT2D eigenvalue weighted by atomic mass is 35.5. The highest BCUT2D eigenvalue weighted by Gasteiger charge is 1.98. The lowest BCUT2D eigenvalue weighted by atomic mass is 10.1. The molecule has 0 aliphatic rings. The average molecular weight is 197 g/mol. The summed E-state index contributed by atoms with van der Waals surface area (Å²) in [7, 11) is 0. The molecular weight excluding hydrogens is 183 g/mol. The van der Waals surface area contributed by atoms with E-state index >= 15 is 0 Å². The van der Waals surface area contributed by atoms with Crippen LogP contribution in [0.1, 0.15) is 39.0 Å². The van der Waals surface area contributed by atoms with Crippen molar-refractivity contribution in [3.8, 4) is 0 Å². The predicted octanol–water partition coefficient (Wildman–Crippen LogP) is 4.16. The van der Waals surface area contributed by atoms with Crippen molar-refractivity contribution in [3.05, 3.63) is 10.3 Å². The number of hydrogen-bond donors (Lipinski definition) is 1. The Balaban J connectivity index is 3.32. The van der Waals surface area contributed by atoms with Gasteiger partial charge in [0.25, 0.3) is 0 Å². The third-order valence-corrected chi connectivity index (χ3v) is 2.17. The van der Waals surface area contributed by atoms with Gasteiger partial charge < -0.3 is 5.11 Å². The molecule has 0 fully saturated rings. The van der Waals surface area contributed by atoms with Gasteiger partial charge in [-0.05, 0) is 24.4 Å². The molecule has 0 aromatic rings. The molecule has 0 saturated heterocycles.